The molecule has 2 N–H and O–H groups in total. The Morgan fingerprint density at radius 1 is 1.15 bits per heavy atom. The number of likely N-dealkylation sites (tertiary alicyclic amines) is 2. The quantitative estimate of drug-likeness (QED) is 0.489. The first kappa shape index (κ1) is 24.1. The maximum atomic E-state index is 13.3. The Morgan fingerprint density at radius 3 is 2.62 bits per heavy atom. The van der Waals surface area contributed by atoms with Crippen molar-refractivity contribution in [2.45, 2.75) is 45.1 Å². The first-order valence-corrected chi connectivity index (χ1v) is 13.5. The topological polar surface area (TPSA) is 124 Å². The Kier molecular flexibility index (Phi) is 7.11. The van der Waals surface area contributed by atoms with E-state index in [1.54, 1.807) is 21.9 Å². The molecule has 2 amide bonds. The molecule has 2 aliphatic heterocycles. The van der Waals surface area contributed by atoms with Crippen molar-refractivity contribution >= 4 is 44.5 Å². The van der Waals surface area contributed by atoms with Crippen LogP contribution in [0.5, 0.6) is 0 Å². The molecule has 0 saturated carbocycles. The summed E-state index contributed by atoms with van der Waals surface area (Å²) in [4.78, 5) is 33.7. The zero-order chi connectivity index (χ0) is 24.3. The predicted molar refractivity (Wildman–Crippen MR) is 130 cm³/mol. The lowest BCUT2D eigenvalue weighted by atomic mass is 10.1. The molecule has 0 bridgehead atoms. The number of benzene rings is 1. The fourth-order valence-electron chi connectivity index (χ4n) is 4.40. The van der Waals surface area contributed by atoms with E-state index in [2.05, 4.69) is 15.0 Å². The van der Waals surface area contributed by atoms with E-state index in [0.717, 1.165) is 61.8 Å². The molecular weight excluding hydrogens is 458 g/mol. The van der Waals surface area contributed by atoms with Gasteiger partial charge in [0.2, 0.25) is 27.8 Å². The molecule has 1 unspecified atom stereocenters. The molecule has 2 aliphatic rings. The summed E-state index contributed by atoms with van der Waals surface area (Å²) < 4.78 is 32.0. The molecule has 0 aliphatic carbocycles. The van der Waals surface area contributed by atoms with Gasteiger partial charge >= 0.3 is 0 Å². The van der Waals surface area contributed by atoms with E-state index in [1.807, 2.05) is 19.1 Å². The molecule has 0 radical (unpaired) electrons. The van der Waals surface area contributed by atoms with Crippen molar-refractivity contribution < 1.29 is 22.4 Å². The van der Waals surface area contributed by atoms with E-state index in [4.69, 9.17) is 4.42 Å². The lowest BCUT2D eigenvalue weighted by Gasteiger charge is -2.25. The molecule has 10 nitrogen and oxygen atoms in total. The zero-order valence-electron chi connectivity index (χ0n) is 19.5. The van der Waals surface area contributed by atoms with Gasteiger partial charge in [-0.25, -0.2) is 13.4 Å². The number of fused-ring (bicyclic) bond motifs is 1. The number of guanidine groups is 1. The van der Waals surface area contributed by atoms with Gasteiger partial charge in [-0.1, -0.05) is 0 Å². The van der Waals surface area contributed by atoms with Gasteiger partial charge in [-0.05, 0) is 63.3 Å². The summed E-state index contributed by atoms with van der Waals surface area (Å²) in [6.45, 7) is 3.83. The van der Waals surface area contributed by atoms with Gasteiger partial charge in [0.05, 0.1) is 12.8 Å². The summed E-state index contributed by atoms with van der Waals surface area (Å²) in [6.07, 6.45) is 5.00. The van der Waals surface area contributed by atoms with Crippen LogP contribution in [0, 0.1) is 6.92 Å². The average Bonchev–Trinajstić information content (AvgIpc) is 3.38. The fraction of sp³-hybridized carbons (Fsp3) is 0.522. The van der Waals surface area contributed by atoms with Crippen LogP contribution in [0.2, 0.25) is 0 Å². The average molecular weight is 490 g/mol. The number of anilines is 1. The minimum absolute atomic E-state index is 0.0314. The van der Waals surface area contributed by atoms with Crippen molar-refractivity contribution in [2.75, 3.05) is 37.8 Å². The van der Waals surface area contributed by atoms with Crippen LogP contribution in [0.25, 0.3) is 11.0 Å². The number of aliphatic imine (C=N–C) groups is 1. The maximum Gasteiger partial charge on any atom is 0.247 e. The van der Waals surface area contributed by atoms with Crippen LogP contribution in [0.3, 0.4) is 0 Å². The lowest BCUT2D eigenvalue weighted by Crippen LogP contribution is -2.45. The lowest BCUT2D eigenvalue weighted by molar-refractivity contribution is -0.140. The van der Waals surface area contributed by atoms with Gasteiger partial charge in [0.1, 0.15) is 17.4 Å². The van der Waals surface area contributed by atoms with Crippen molar-refractivity contribution in [1.29, 1.82) is 0 Å². The van der Waals surface area contributed by atoms with Crippen LogP contribution in [0.4, 0.5) is 5.69 Å². The van der Waals surface area contributed by atoms with Crippen LogP contribution in [0.1, 0.15) is 37.9 Å². The van der Waals surface area contributed by atoms with Crippen molar-refractivity contribution in [3.63, 3.8) is 0 Å². The van der Waals surface area contributed by atoms with E-state index in [1.165, 1.54) is 0 Å². The van der Waals surface area contributed by atoms with E-state index in [0.29, 0.717) is 18.7 Å². The van der Waals surface area contributed by atoms with E-state index in [9.17, 15) is 18.0 Å². The summed E-state index contributed by atoms with van der Waals surface area (Å²) in [5, 5.41) is 3.86. The molecule has 0 spiro atoms. The summed E-state index contributed by atoms with van der Waals surface area (Å²) in [5.74, 6) is 0.420. The number of sulfonamides is 1. The van der Waals surface area contributed by atoms with Crippen LogP contribution in [0.15, 0.2) is 33.7 Å². The van der Waals surface area contributed by atoms with Gasteiger partial charge < -0.3 is 19.5 Å². The summed E-state index contributed by atoms with van der Waals surface area (Å²) in [6, 6.07) is 6.45. The number of carbonyl (C=O) groups is 2. The van der Waals surface area contributed by atoms with Gasteiger partial charge in [-0.15, -0.1) is 0 Å². The van der Waals surface area contributed by atoms with Gasteiger partial charge in [-0.3, -0.25) is 14.3 Å². The van der Waals surface area contributed by atoms with Crippen LogP contribution in [-0.4, -0.2) is 74.5 Å². The third-order valence-corrected chi connectivity index (χ3v) is 6.57. The highest BCUT2D eigenvalue weighted by molar-refractivity contribution is 7.89. The standard InChI is InChI=1S/C23H31N5O5S/c1-16-13-17-14-18(8-9-20(17)33-16)24-23(26-34(2,31)32)25-19-7-3-4-12-28(22(19)30)15-21(29)27-10-5-6-11-27/h8-9,13-14,19H,3-7,10-12,15H2,1-2H3,(H2,24,25,26). The van der Waals surface area contributed by atoms with E-state index >= 15 is 0 Å². The number of rotatable bonds is 5. The molecule has 1 aromatic heterocycles. The summed E-state index contributed by atoms with van der Waals surface area (Å²) >= 11 is 0. The summed E-state index contributed by atoms with van der Waals surface area (Å²) in [7, 11) is -3.65. The monoisotopic (exact) mass is 489 g/mol. The third-order valence-electron chi connectivity index (χ3n) is 6.01. The molecule has 2 aromatic rings. The Bertz CT molecular complexity index is 1200. The Labute approximate surface area is 199 Å². The van der Waals surface area contributed by atoms with Crippen molar-refractivity contribution in [1.82, 2.24) is 14.5 Å². The van der Waals surface area contributed by atoms with Crippen molar-refractivity contribution in [3.05, 3.63) is 30.0 Å². The fourth-order valence-corrected chi connectivity index (χ4v) is 4.85. The minimum atomic E-state index is -3.65. The number of amides is 2. The molecule has 184 valence electrons. The van der Waals surface area contributed by atoms with Crippen molar-refractivity contribution in [2.24, 2.45) is 4.99 Å². The number of carbonyl (C=O) groups excluding carboxylic acids is 2. The highest BCUT2D eigenvalue weighted by Gasteiger charge is 2.30. The molecule has 1 atom stereocenters. The number of hydrogen-bond donors (Lipinski definition) is 2. The molecule has 2 fully saturated rings. The number of furan rings is 1. The molecule has 11 heteroatoms. The minimum Gasteiger partial charge on any atom is -0.461 e. The first-order valence-electron chi connectivity index (χ1n) is 11.6. The smallest absolute Gasteiger partial charge is 0.247 e. The Morgan fingerprint density at radius 2 is 1.88 bits per heavy atom. The SMILES string of the molecule is Cc1cc2cc(NC(=NC3CCCCN(CC(=O)N4CCCC4)C3=O)NS(C)(=O)=O)ccc2o1. The second-order valence-corrected chi connectivity index (χ2v) is 10.7. The van der Waals surface area contributed by atoms with Crippen molar-refractivity contribution in [3.8, 4) is 0 Å². The Balaban J connectivity index is 1.55. The van der Waals surface area contributed by atoms with Crippen LogP contribution in [-0.2, 0) is 19.6 Å². The molecule has 1 aromatic carbocycles. The Hall–Kier alpha value is -3.08. The highest BCUT2D eigenvalue weighted by atomic mass is 32.2. The van der Waals surface area contributed by atoms with E-state index < -0.39 is 16.1 Å². The largest absolute Gasteiger partial charge is 0.461 e. The van der Waals surface area contributed by atoms with E-state index in [-0.39, 0.29) is 24.3 Å². The number of aryl methyl sites for hydroxylation is 1. The molecule has 4 rings (SSSR count). The zero-order valence-corrected chi connectivity index (χ0v) is 20.4. The molecule has 2 saturated heterocycles. The molecule has 3 heterocycles. The van der Waals surface area contributed by atoms with Gasteiger partial charge in [0.15, 0.2) is 0 Å². The highest BCUT2D eigenvalue weighted by Crippen LogP contribution is 2.23. The maximum absolute atomic E-state index is 13.3. The summed E-state index contributed by atoms with van der Waals surface area (Å²) in [5.41, 5.74) is 1.32. The first-order chi connectivity index (χ1) is 16.2. The van der Waals surface area contributed by atoms with Gasteiger partial charge in [0, 0.05) is 30.7 Å². The normalized spacial score (nSPS) is 20.0. The molecular formula is C23H31N5O5S. The number of nitrogens with zero attached hydrogens (tertiary/aromatic N) is 3. The number of nitrogens with one attached hydrogen (secondary N) is 2. The van der Waals surface area contributed by atoms with Gasteiger partial charge in [0.25, 0.3) is 0 Å². The third kappa shape index (κ3) is 6.07. The van der Waals surface area contributed by atoms with Crippen LogP contribution >= 0.6 is 0 Å². The second-order valence-electron chi connectivity index (χ2n) is 8.95. The molecule has 34 heavy (non-hydrogen) atoms. The second kappa shape index (κ2) is 10.0. The number of hydrogen-bond acceptors (Lipinski definition) is 6. The van der Waals surface area contributed by atoms with Gasteiger partial charge in [-0.2, -0.15) is 0 Å². The predicted octanol–water partition coefficient (Wildman–Crippen LogP) is 2.06. The van der Waals surface area contributed by atoms with Crippen LogP contribution < -0.4 is 10.0 Å².